The lowest BCUT2D eigenvalue weighted by atomic mass is 10.0. The molecule has 28 heavy (non-hydrogen) atoms. The van der Waals surface area contributed by atoms with Crippen LogP contribution in [0, 0.1) is 5.82 Å². The zero-order valence-corrected chi connectivity index (χ0v) is 15.6. The van der Waals surface area contributed by atoms with Crippen LogP contribution < -0.4 is 11.1 Å². The van der Waals surface area contributed by atoms with E-state index in [0.29, 0.717) is 35.6 Å². The molecule has 7 nitrogen and oxygen atoms in total. The van der Waals surface area contributed by atoms with E-state index in [4.69, 9.17) is 17.3 Å². The Kier molecular flexibility index (Phi) is 4.97. The first-order valence-electron chi connectivity index (χ1n) is 8.80. The minimum Gasteiger partial charge on any atom is -0.368 e. The predicted molar refractivity (Wildman–Crippen MR) is 105 cm³/mol. The maximum Gasteiger partial charge on any atom is 0.270 e. The maximum atomic E-state index is 14.6. The van der Waals surface area contributed by atoms with E-state index < -0.39 is 5.82 Å². The fourth-order valence-electron chi connectivity index (χ4n) is 3.22. The van der Waals surface area contributed by atoms with Crippen LogP contribution in [-0.2, 0) is 0 Å². The van der Waals surface area contributed by atoms with Gasteiger partial charge in [-0.1, -0.05) is 23.7 Å². The van der Waals surface area contributed by atoms with E-state index >= 15 is 0 Å². The summed E-state index contributed by atoms with van der Waals surface area (Å²) >= 11 is 5.92. The molecule has 0 spiro atoms. The van der Waals surface area contributed by atoms with Crippen LogP contribution in [0.2, 0.25) is 5.02 Å². The molecule has 0 unspecified atom stereocenters. The van der Waals surface area contributed by atoms with Crippen molar-refractivity contribution >= 4 is 23.5 Å². The molecule has 1 amide bonds. The summed E-state index contributed by atoms with van der Waals surface area (Å²) in [7, 11) is 0. The third-order valence-corrected chi connectivity index (χ3v) is 4.93. The minimum atomic E-state index is -0.563. The number of aromatic nitrogens is 3. The smallest absolute Gasteiger partial charge is 0.270 e. The van der Waals surface area contributed by atoms with Crippen molar-refractivity contribution in [2.45, 2.75) is 0 Å². The number of amides is 1. The van der Waals surface area contributed by atoms with Crippen molar-refractivity contribution < 1.29 is 9.18 Å². The van der Waals surface area contributed by atoms with Gasteiger partial charge in [-0.25, -0.2) is 14.4 Å². The number of nitrogens with zero attached hydrogens (tertiary/aromatic N) is 3. The van der Waals surface area contributed by atoms with Crippen molar-refractivity contribution in [1.29, 1.82) is 0 Å². The van der Waals surface area contributed by atoms with Crippen LogP contribution in [0.15, 0.2) is 36.7 Å². The molecule has 1 aliphatic rings. The molecule has 1 fully saturated rings. The van der Waals surface area contributed by atoms with Crippen LogP contribution in [0.4, 0.5) is 10.3 Å². The number of halogens is 2. The maximum absolute atomic E-state index is 14.6. The molecule has 1 aromatic carbocycles. The van der Waals surface area contributed by atoms with Gasteiger partial charge in [0, 0.05) is 55.3 Å². The number of H-pyrrole nitrogens is 1. The Bertz CT molecular complexity index is 1030. The summed E-state index contributed by atoms with van der Waals surface area (Å²) in [5.41, 5.74) is 7.93. The first-order chi connectivity index (χ1) is 13.5. The molecule has 9 heteroatoms. The van der Waals surface area contributed by atoms with Crippen molar-refractivity contribution in [3.05, 3.63) is 53.2 Å². The van der Waals surface area contributed by atoms with E-state index in [1.54, 1.807) is 29.3 Å². The van der Waals surface area contributed by atoms with Crippen LogP contribution in [0.5, 0.6) is 0 Å². The van der Waals surface area contributed by atoms with Gasteiger partial charge in [0.2, 0.25) is 5.95 Å². The van der Waals surface area contributed by atoms with Gasteiger partial charge >= 0.3 is 0 Å². The lowest BCUT2D eigenvalue weighted by molar-refractivity contribution is 0.0730. The van der Waals surface area contributed by atoms with Gasteiger partial charge in [0.1, 0.15) is 11.5 Å². The largest absolute Gasteiger partial charge is 0.368 e. The summed E-state index contributed by atoms with van der Waals surface area (Å²) in [6.45, 7) is 2.82. The van der Waals surface area contributed by atoms with Gasteiger partial charge in [-0.3, -0.25) is 4.79 Å². The number of aromatic amines is 1. The third kappa shape index (κ3) is 3.44. The highest BCUT2D eigenvalue weighted by molar-refractivity contribution is 6.31. The van der Waals surface area contributed by atoms with Crippen LogP contribution in [0.3, 0.4) is 0 Å². The van der Waals surface area contributed by atoms with Gasteiger partial charge in [-0.2, -0.15) is 0 Å². The highest BCUT2D eigenvalue weighted by Gasteiger charge is 2.21. The van der Waals surface area contributed by atoms with Crippen LogP contribution in [0.25, 0.3) is 22.4 Å². The molecule has 0 saturated carbocycles. The SMILES string of the molecule is Nc1ncc(-c2cccc(Cl)c2F)c(-c2c[nH]c(C(=O)N3CCNCC3)c2)n1. The van der Waals surface area contributed by atoms with E-state index in [9.17, 15) is 9.18 Å². The first-order valence-corrected chi connectivity index (χ1v) is 9.18. The molecule has 0 radical (unpaired) electrons. The summed E-state index contributed by atoms with van der Waals surface area (Å²) in [6.07, 6.45) is 3.11. The van der Waals surface area contributed by atoms with Crippen molar-refractivity contribution in [3.63, 3.8) is 0 Å². The van der Waals surface area contributed by atoms with Gasteiger partial charge in [0.15, 0.2) is 0 Å². The molecule has 0 bridgehead atoms. The number of anilines is 1. The fraction of sp³-hybridized carbons (Fsp3) is 0.211. The Balaban J connectivity index is 1.74. The second-order valence-electron chi connectivity index (χ2n) is 6.44. The van der Waals surface area contributed by atoms with Crippen molar-refractivity contribution in [1.82, 2.24) is 25.2 Å². The topological polar surface area (TPSA) is 99.9 Å². The van der Waals surface area contributed by atoms with E-state index in [-0.39, 0.29) is 22.4 Å². The van der Waals surface area contributed by atoms with Crippen LogP contribution >= 0.6 is 11.6 Å². The number of nitrogens with two attached hydrogens (primary N) is 1. The van der Waals surface area contributed by atoms with Gasteiger partial charge in [0.25, 0.3) is 5.91 Å². The molecule has 1 saturated heterocycles. The minimum absolute atomic E-state index is 0.00363. The third-order valence-electron chi connectivity index (χ3n) is 4.64. The van der Waals surface area contributed by atoms with Gasteiger partial charge in [-0.15, -0.1) is 0 Å². The predicted octanol–water partition coefficient (Wildman–Crippen LogP) is 2.56. The molecule has 3 aromatic rings. The molecule has 4 rings (SSSR count). The normalized spacial score (nSPS) is 14.3. The highest BCUT2D eigenvalue weighted by atomic mass is 35.5. The van der Waals surface area contributed by atoms with Gasteiger partial charge in [-0.05, 0) is 12.1 Å². The van der Waals surface area contributed by atoms with Crippen molar-refractivity contribution in [2.75, 3.05) is 31.9 Å². The lowest BCUT2D eigenvalue weighted by Gasteiger charge is -2.26. The molecule has 0 aliphatic carbocycles. The first kappa shape index (κ1) is 18.4. The van der Waals surface area contributed by atoms with Gasteiger partial charge < -0.3 is 20.9 Å². The Labute approximate surface area is 165 Å². The number of rotatable bonds is 3. The quantitative estimate of drug-likeness (QED) is 0.627. The molecular weight excluding hydrogens is 383 g/mol. The standard InChI is InChI=1S/C19H18ClFN6O/c20-14-3-1-2-12(16(14)21)13-10-25-19(22)26-17(13)11-8-15(24-9-11)18(28)27-6-4-23-5-7-27/h1-3,8-10,23-24H,4-7H2,(H2,22,25,26). The Morgan fingerprint density at radius 1 is 1.25 bits per heavy atom. The Morgan fingerprint density at radius 2 is 2.04 bits per heavy atom. The summed E-state index contributed by atoms with van der Waals surface area (Å²) in [4.78, 5) is 25.7. The number of piperazine rings is 1. The van der Waals surface area contributed by atoms with E-state index in [2.05, 4.69) is 20.3 Å². The average Bonchev–Trinajstić information content (AvgIpc) is 3.20. The number of nitrogens with one attached hydrogen (secondary N) is 2. The lowest BCUT2D eigenvalue weighted by Crippen LogP contribution is -2.46. The molecule has 0 atom stereocenters. The summed E-state index contributed by atoms with van der Waals surface area (Å²) in [5.74, 6) is -0.603. The molecular formula is C19H18ClFN6O. The van der Waals surface area contributed by atoms with Gasteiger partial charge in [0.05, 0.1) is 10.7 Å². The Hall–Kier alpha value is -2.97. The summed E-state index contributed by atoms with van der Waals surface area (Å²) in [6, 6.07) is 6.41. The molecule has 1 aliphatic heterocycles. The van der Waals surface area contributed by atoms with E-state index in [1.165, 1.54) is 12.3 Å². The van der Waals surface area contributed by atoms with Crippen LogP contribution in [-0.4, -0.2) is 51.9 Å². The highest BCUT2D eigenvalue weighted by Crippen LogP contribution is 2.34. The second kappa shape index (κ2) is 7.57. The zero-order valence-electron chi connectivity index (χ0n) is 14.9. The summed E-state index contributed by atoms with van der Waals surface area (Å²) < 4.78 is 14.6. The molecule has 2 aromatic heterocycles. The monoisotopic (exact) mass is 400 g/mol. The zero-order chi connectivity index (χ0) is 19.7. The van der Waals surface area contributed by atoms with Crippen molar-refractivity contribution in [2.24, 2.45) is 0 Å². The van der Waals surface area contributed by atoms with E-state index in [0.717, 1.165) is 13.1 Å². The summed E-state index contributed by atoms with van der Waals surface area (Å²) in [5, 5.41) is 3.22. The number of hydrogen-bond donors (Lipinski definition) is 3. The number of nitrogen functional groups attached to an aromatic ring is 1. The van der Waals surface area contributed by atoms with E-state index in [1.807, 2.05) is 0 Å². The average molecular weight is 401 g/mol. The fourth-order valence-corrected chi connectivity index (χ4v) is 3.39. The number of carbonyl (C=O) groups excluding carboxylic acids is 1. The Morgan fingerprint density at radius 3 is 2.82 bits per heavy atom. The van der Waals surface area contributed by atoms with Crippen molar-refractivity contribution in [3.8, 4) is 22.4 Å². The second-order valence-corrected chi connectivity index (χ2v) is 6.84. The molecule has 144 valence electrons. The number of carbonyl (C=O) groups is 1. The number of hydrogen-bond acceptors (Lipinski definition) is 5. The van der Waals surface area contributed by atoms with Crippen LogP contribution in [0.1, 0.15) is 10.5 Å². The number of benzene rings is 1. The molecule has 4 N–H and O–H groups in total. The molecule has 3 heterocycles.